The maximum Gasteiger partial charge on any atom is 0.266 e. The first-order valence-corrected chi connectivity index (χ1v) is 7.38. The molecule has 0 spiro atoms. The lowest BCUT2D eigenvalue weighted by Gasteiger charge is -2.34. The van der Waals surface area contributed by atoms with Crippen molar-refractivity contribution in [1.29, 1.82) is 5.26 Å². The summed E-state index contributed by atoms with van der Waals surface area (Å²) in [7, 11) is 0. The first-order valence-electron chi connectivity index (χ1n) is 7.38. The molecule has 22 heavy (non-hydrogen) atoms. The zero-order chi connectivity index (χ0) is 15.8. The number of hydrogen-bond donors (Lipinski definition) is 2. The summed E-state index contributed by atoms with van der Waals surface area (Å²) in [5, 5.41) is 12.2. The Morgan fingerprint density at radius 1 is 1.27 bits per heavy atom. The second kappa shape index (κ2) is 8.17. The summed E-state index contributed by atoms with van der Waals surface area (Å²) in [6, 6.07) is 11.4. The smallest absolute Gasteiger partial charge is 0.266 e. The molecule has 0 unspecified atom stereocenters. The van der Waals surface area contributed by atoms with Crippen molar-refractivity contribution in [3.05, 3.63) is 42.1 Å². The fourth-order valence-electron chi connectivity index (χ4n) is 2.36. The number of benzene rings is 1. The molecule has 0 aliphatic carbocycles. The maximum atomic E-state index is 12.4. The highest BCUT2D eigenvalue weighted by Crippen LogP contribution is 2.09. The lowest BCUT2D eigenvalue weighted by Crippen LogP contribution is -2.50. The SMILES string of the molecule is N#C/C(=C/Nc1ccccc1)C(=O)N1CCN(CCN)CC1. The van der Waals surface area contributed by atoms with E-state index in [4.69, 9.17) is 5.73 Å². The molecule has 6 heteroatoms. The van der Waals surface area contributed by atoms with E-state index in [1.165, 1.54) is 6.20 Å². The molecule has 0 atom stereocenters. The van der Waals surface area contributed by atoms with E-state index in [-0.39, 0.29) is 11.5 Å². The quantitative estimate of drug-likeness (QED) is 0.614. The molecular formula is C16H21N5O. The van der Waals surface area contributed by atoms with E-state index in [1.807, 2.05) is 36.4 Å². The van der Waals surface area contributed by atoms with Gasteiger partial charge in [0.15, 0.2) is 0 Å². The van der Waals surface area contributed by atoms with Gasteiger partial charge in [-0.1, -0.05) is 18.2 Å². The highest BCUT2D eigenvalue weighted by Gasteiger charge is 2.23. The van der Waals surface area contributed by atoms with Crippen molar-refractivity contribution in [3.8, 4) is 6.07 Å². The molecule has 1 aromatic rings. The molecule has 1 saturated heterocycles. The molecule has 0 aromatic heterocycles. The number of carbonyl (C=O) groups excluding carboxylic acids is 1. The Bertz CT molecular complexity index is 556. The van der Waals surface area contributed by atoms with E-state index in [2.05, 4.69) is 10.2 Å². The molecule has 1 heterocycles. The van der Waals surface area contributed by atoms with Crippen LogP contribution in [0.2, 0.25) is 0 Å². The van der Waals surface area contributed by atoms with Gasteiger partial charge in [-0.3, -0.25) is 9.69 Å². The molecule has 116 valence electrons. The number of nitrogens with two attached hydrogens (primary N) is 1. The first kappa shape index (κ1) is 16.0. The molecule has 6 nitrogen and oxygen atoms in total. The van der Waals surface area contributed by atoms with Gasteiger partial charge in [0.2, 0.25) is 0 Å². The minimum absolute atomic E-state index is 0.121. The van der Waals surface area contributed by atoms with E-state index in [0.29, 0.717) is 19.6 Å². The third kappa shape index (κ3) is 4.32. The third-order valence-electron chi connectivity index (χ3n) is 3.61. The average Bonchev–Trinajstić information content (AvgIpc) is 2.57. The average molecular weight is 299 g/mol. The highest BCUT2D eigenvalue weighted by molar-refractivity contribution is 5.97. The Kier molecular flexibility index (Phi) is 5.95. The van der Waals surface area contributed by atoms with Crippen molar-refractivity contribution in [3.63, 3.8) is 0 Å². The molecule has 1 fully saturated rings. The largest absolute Gasteiger partial charge is 0.360 e. The molecule has 3 N–H and O–H groups in total. The normalized spacial score (nSPS) is 16.2. The molecule has 0 saturated carbocycles. The second-order valence-electron chi connectivity index (χ2n) is 5.10. The predicted molar refractivity (Wildman–Crippen MR) is 85.8 cm³/mol. The van der Waals surface area contributed by atoms with Crippen LogP contribution in [0.3, 0.4) is 0 Å². The number of nitriles is 1. The summed E-state index contributed by atoms with van der Waals surface area (Å²) < 4.78 is 0. The van der Waals surface area contributed by atoms with Gasteiger partial charge in [0.25, 0.3) is 5.91 Å². The van der Waals surface area contributed by atoms with Crippen molar-refractivity contribution in [2.24, 2.45) is 5.73 Å². The fraction of sp³-hybridized carbons (Fsp3) is 0.375. The number of nitrogens with zero attached hydrogens (tertiary/aromatic N) is 3. The van der Waals surface area contributed by atoms with Gasteiger partial charge in [-0.05, 0) is 12.1 Å². The summed E-state index contributed by atoms with van der Waals surface area (Å²) in [6.07, 6.45) is 1.48. The fourth-order valence-corrected chi connectivity index (χ4v) is 2.36. The van der Waals surface area contributed by atoms with E-state index in [1.54, 1.807) is 4.90 Å². The first-order chi connectivity index (χ1) is 10.7. The van der Waals surface area contributed by atoms with E-state index < -0.39 is 0 Å². The Hall–Kier alpha value is -2.36. The van der Waals surface area contributed by atoms with Crippen LogP contribution in [0.5, 0.6) is 0 Å². The number of para-hydroxylation sites is 1. The Labute approximate surface area is 130 Å². The van der Waals surface area contributed by atoms with Crippen LogP contribution in [0, 0.1) is 11.3 Å². The molecule has 1 amide bonds. The lowest BCUT2D eigenvalue weighted by molar-refractivity contribution is -0.128. The van der Waals surface area contributed by atoms with Gasteiger partial charge in [0.1, 0.15) is 11.6 Å². The van der Waals surface area contributed by atoms with Crippen molar-refractivity contribution in [2.45, 2.75) is 0 Å². The minimum Gasteiger partial charge on any atom is -0.360 e. The van der Waals surface area contributed by atoms with Gasteiger partial charge in [0, 0.05) is 51.2 Å². The summed E-state index contributed by atoms with van der Waals surface area (Å²) in [5.74, 6) is -0.224. The van der Waals surface area contributed by atoms with Crippen LogP contribution in [0.25, 0.3) is 0 Å². The summed E-state index contributed by atoms with van der Waals surface area (Å²) in [6.45, 7) is 4.32. The van der Waals surface area contributed by atoms with E-state index in [9.17, 15) is 10.1 Å². The standard InChI is InChI=1S/C16H21N5O/c17-6-7-20-8-10-21(11-9-20)16(22)14(12-18)13-19-15-4-2-1-3-5-15/h1-5,13,19H,6-11,17H2/b14-13-. The third-order valence-corrected chi connectivity index (χ3v) is 3.61. The molecule has 1 aliphatic heterocycles. The molecule has 1 aromatic carbocycles. The number of nitrogens with one attached hydrogen (secondary N) is 1. The van der Waals surface area contributed by atoms with Crippen LogP contribution < -0.4 is 11.1 Å². The molecule has 0 bridgehead atoms. The van der Waals surface area contributed by atoms with Crippen LogP contribution in [0.15, 0.2) is 42.1 Å². The predicted octanol–water partition coefficient (Wildman–Crippen LogP) is 0.609. The Balaban J connectivity index is 1.94. The van der Waals surface area contributed by atoms with Crippen LogP contribution in [0.1, 0.15) is 0 Å². The monoisotopic (exact) mass is 299 g/mol. The van der Waals surface area contributed by atoms with Gasteiger partial charge in [0.05, 0.1) is 0 Å². The number of piperazine rings is 1. The lowest BCUT2D eigenvalue weighted by atomic mass is 10.2. The van der Waals surface area contributed by atoms with Crippen LogP contribution >= 0.6 is 0 Å². The molecule has 0 radical (unpaired) electrons. The van der Waals surface area contributed by atoms with Crippen molar-refractivity contribution in [1.82, 2.24) is 9.80 Å². The van der Waals surface area contributed by atoms with Crippen LogP contribution in [0.4, 0.5) is 5.69 Å². The molecular weight excluding hydrogens is 278 g/mol. The van der Waals surface area contributed by atoms with Gasteiger partial charge >= 0.3 is 0 Å². The van der Waals surface area contributed by atoms with E-state index in [0.717, 1.165) is 25.3 Å². The minimum atomic E-state index is -0.224. The van der Waals surface area contributed by atoms with Crippen LogP contribution in [-0.2, 0) is 4.79 Å². The van der Waals surface area contributed by atoms with Gasteiger partial charge in [-0.2, -0.15) is 5.26 Å². The van der Waals surface area contributed by atoms with Gasteiger partial charge < -0.3 is 16.0 Å². The van der Waals surface area contributed by atoms with Gasteiger partial charge in [-0.15, -0.1) is 0 Å². The number of amides is 1. The number of anilines is 1. The number of hydrogen-bond acceptors (Lipinski definition) is 5. The zero-order valence-corrected chi connectivity index (χ0v) is 12.5. The van der Waals surface area contributed by atoms with Crippen molar-refractivity contribution in [2.75, 3.05) is 44.6 Å². The molecule has 1 aliphatic rings. The van der Waals surface area contributed by atoms with Crippen molar-refractivity contribution >= 4 is 11.6 Å². The Morgan fingerprint density at radius 2 is 1.95 bits per heavy atom. The summed E-state index contributed by atoms with van der Waals surface area (Å²) >= 11 is 0. The van der Waals surface area contributed by atoms with E-state index >= 15 is 0 Å². The topological polar surface area (TPSA) is 85.4 Å². The van der Waals surface area contributed by atoms with Gasteiger partial charge in [-0.25, -0.2) is 0 Å². The summed E-state index contributed by atoms with van der Waals surface area (Å²) in [4.78, 5) is 16.3. The number of rotatable bonds is 5. The second-order valence-corrected chi connectivity index (χ2v) is 5.10. The summed E-state index contributed by atoms with van der Waals surface area (Å²) in [5.41, 5.74) is 6.50. The zero-order valence-electron chi connectivity index (χ0n) is 12.5. The molecule has 2 rings (SSSR count). The van der Waals surface area contributed by atoms with Crippen molar-refractivity contribution < 1.29 is 4.79 Å². The van der Waals surface area contributed by atoms with Crippen LogP contribution in [-0.4, -0.2) is 55.0 Å². The Morgan fingerprint density at radius 3 is 2.55 bits per heavy atom. The maximum absolute atomic E-state index is 12.4. The highest BCUT2D eigenvalue weighted by atomic mass is 16.2. The number of carbonyl (C=O) groups is 1.